The molecule has 88 valence electrons. The Morgan fingerprint density at radius 3 is 2.94 bits per heavy atom. The maximum Gasteiger partial charge on any atom is 0.244 e. The van der Waals surface area contributed by atoms with Gasteiger partial charge in [-0.1, -0.05) is 18.0 Å². The van der Waals surface area contributed by atoms with Crippen LogP contribution in [0, 0.1) is 0 Å². The van der Waals surface area contributed by atoms with Crippen molar-refractivity contribution in [2.45, 2.75) is 25.3 Å². The largest absolute Gasteiger partial charge is 0.306 e. The second-order valence-electron chi connectivity index (χ2n) is 3.98. The van der Waals surface area contributed by atoms with Crippen molar-refractivity contribution in [3.8, 4) is 0 Å². The van der Waals surface area contributed by atoms with Crippen molar-refractivity contribution < 1.29 is 4.79 Å². The van der Waals surface area contributed by atoms with Crippen LogP contribution < -0.4 is 10.2 Å². The number of rotatable bonds is 2. The highest BCUT2D eigenvalue weighted by atomic mass is 35.5. The van der Waals surface area contributed by atoms with Crippen LogP contribution in [0.2, 0.25) is 4.34 Å². The zero-order valence-electron chi connectivity index (χ0n) is 9.20. The summed E-state index contributed by atoms with van der Waals surface area (Å²) in [5.74, 6) is 0.137. The Kier molecular flexibility index (Phi) is 3.84. The summed E-state index contributed by atoms with van der Waals surface area (Å²) in [5.41, 5.74) is 0. The molecular formula is C11H15ClN2OS. The van der Waals surface area contributed by atoms with Gasteiger partial charge in [-0.25, -0.2) is 0 Å². The molecule has 0 aliphatic carbocycles. The van der Waals surface area contributed by atoms with Crippen LogP contribution in [0.4, 0.5) is 5.00 Å². The van der Waals surface area contributed by atoms with E-state index in [4.69, 9.17) is 11.6 Å². The number of amides is 1. The molecule has 1 fully saturated rings. The number of hydrogen-bond donors (Lipinski definition) is 1. The van der Waals surface area contributed by atoms with E-state index < -0.39 is 0 Å². The molecule has 1 aliphatic rings. The van der Waals surface area contributed by atoms with Gasteiger partial charge in [-0.2, -0.15) is 0 Å². The van der Waals surface area contributed by atoms with Crippen molar-refractivity contribution in [2.24, 2.45) is 0 Å². The van der Waals surface area contributed by atoms with Gasteiger partial charge in [-0.15, -0.1) is 11.3 Å². The van der Waals surface area contributed by atoms with Gasteiger partial charge >= 0.3 is 0 Å². The third kappa shape index (κ3) is 2.56. The monoisotopic (exact) mass is 258 g/mol. The van der Waals surface area contributed by atoms with Gasteiger partial charge in [0.05, 0.1) is 15.4 Å². The molecule has 0 saturated carbocycles. The van der Waals surface area contributed by atoms with Crippen LogP contribution in [0.1, 0.15) is 19.3 Å². The molecule has 1 aromatic rings. The number of hydrogen-bond acceptors (Lipinski definition) is 3. The van der Waals surface area contributed by atoms with Crippen molar-refractivity contribution in [1.82, 2.24) is 5.32 Å². The zero-order valence-corrected chi connectivity index (χ0v) is 10.8. The maximum atomic E-state index is 12.1. The fourth-order valence-electron chi connectivity index (χ4n) is 1.89. The van der Waals surface area contributed by atoms with Gasteiger partial charge in [0.25, 0.3) is 0 Å². The highest BCUT2D eigenvalue weighted by Gasteiger charge is 2.24. The van der Waals surface area contributed by atoms with E-state index in [1.165, 1.54) is 17.8 Å². The first kappa shape index (κ1) is 11.9. The zero-order chi connectivity index (χ0) is 11.5. The van der Waals surface area contributed by atoms with E-state index in [0.717, 1.165) is 24.4 Å². The van der Waals surface area contributed by atoms with Crippen LogP contribution in [-0.4, -0.2) is 25.5 Å². The molecule has 0 spiro atoms. The number of carbonyl (C=O) groups excluding carboxylic acids is 1. The first-order valence-corrected chi connectivity index (χ1v) is 6.64. The van der Waals surface area contributed by atoms with E-state index in [9.17, 15) is 4.79 Å². The van der Waals surface area contributed by atoms with Crippen molar-refractivity contribution >= 4 is 33.8 Å². The SMILES string of the molecule is CN(C(=O)C1CCCCN1)c1ccc(Cl)s1. The predicted octanol–water partition coefficient (Wildman–Crippen LogP) is 2.51. The Balaban J connectivity index is 2.03. The molecule has 2 heterocycles. The van der Waals surface area contributed by atoms with Gasteiger partial charge in [0.15, 0.2) is 0 Å². The Labute approximate surface area is 104 Å². The molecule has 1 N–H and O–H groups in total. The third-order valence-electron chi connectivity index (χ3n) is 2.83. The molecule has 1 unspecified atom stereocenters. The summed E-state index contributed by atoms with van der Waals surface area (Å²) < 4.78 is 0.714. The number of carbonyl (C=O) groups is 1. The Bertz CT molecular complexity index is 374. The predicted molar refractivity (Wildman–Crippen MR) is 68.4 cm³/mol. The molecule has 2 rings (SSSR count). The van der Waals surface area contributed by atoms with Gasteiger partial charge in [-0.3, -0.25) is 4.79 Å². The van der Waals surface area contributed by atoms with Crippen LogP contribution in [0.15, 0.2) is 12.1 Å². The lowest BCUT2D eigenvalue weighted by atomic mass is 10.0. The maximum absolute atomic E-state index is 12.1. The fraction of sp³-hybridized carbons (Fsp3) is 0.545. The van der Waals surface area contributed by atoms with Crippen LogP contribution in [0.25, 0.3) is 0 Å². The van der Waals surface area contributed by atoms with Crippen molar-refractivity contribution in [3.63, 3.8) is 0 Å². The highest BCUT2D eigenvalue weighted by molar-refractivity contribution is 7.20. The Hall–Kier alpha value is -0.580. The molecule has 1 atom stereocenters. The average Bonchev–Trinajstić information content (AvgIpc) is 2.75. The first-order valence-electron chi connectivity index (χ1n) is 5.45. The lowest BCUT2D eigenvalue weighted by molar-refractivity contribution is -0.120. The van der Waals surface area contributed by atoms with Crippen molar-refractivity contribution in [1.29, 1.82) is 0 Å². The number of piperidine rings is 1. The smallest absolute Gasteiger partial charge is 0.244 e. The number of nitrogens with one attached hydrogen (secondary N) is 1. The van der Waals surface area contributed by atoms with E-state index in [1.807, 2.05) is 12.1 Å². The molecule has 16 heavy (non-hydrogen) atoms. The van der Waals surface area contributed by atoms with Gasteiger partial charge in [0, 0.05) is 7.05 Å². The molecule has 0 bridgehead atoms. The quantitative estimate of drug-likeness (QED) is 0.884. The molecule has 3 nitrogen and oxygen atoms in total. The number of halogens is 1. The van der Waals surface area contributed by atoms with E-state index in [1.54, 1.807) is 11.9 Å². The minimum Gasteiger partial charge on any atom is -0.306 e. The van der Waals surface area contributed by atoms with Crippen LogP contribution in [0.5, 0.6) is 0 Å². The Morgan fingerprint density at radius 2 is 2.38 bits per heavy atom. The van der Waals surface area contributed by atoms with Crippen molar-refractivity contribution in [2.75, 3.05) is 18.5 Å². The summed E-state index contributed by atoms with van der Waals surface area (Å²) in [6.07, 6.45) is 3.23. The second kappa shape index (κ2) is 5.17. The van der Waals surface area contributed by atoms with Crippen LogP contribution in [0.3, 0.4) is 0 Å². The molecule has 1 aliphatic heterocycles. The summed E-state index contributed by atoms with van der Waals surface area (Å²) >= 11 is 7.29. The minimum atomic E-state index is -0.0281. The topological polar surface area (TPSA) is 32.3 Å². The summed E-state index contributed by atoms with van der Waals surface area (Å²) in [7, 11) is 1.81. The molecular weight excluding hydrogens is 244 g/mol. The summed E-state index contributed by atoms with van der Waals surface area (Å²) in [5, 5.41) is 4.16. The lowest BCUT2D eigenvalue weighted by Crippen LogP contribution is -2.47. The van der Waals surface area contributed by atoms with Gasteiger partial charge in [0.1, 0.15) is 0 Å². The average molecular weight is 259 g/mol. The summed E-state index contributed by atoms with van der Waals surface area (Å²) in [6.45, 7) is 0.940. The molecule has 0 aromatic carbocycles. The molecule has 0 radical (unpaired) electrons. The molecule has 1 saturated heterocycles. The normalized spacial score (nSPS) is 20.8. The van der Waals surface area contributed by atoms with Crippen LogP contribution >= 0.6 is 22.9 Å². The molecule has 1 aromatic heterocycles. The third-order valence-corrected chi connectivity index (χ3v) is 4.14. The van der Waals surface area contributed by atoms with Crippen LogP contribution in [-0.2, 0) is 4.79 Å². The van der Waals surface area contributed by atoms with Crippen molar-refractivity contribution in [3.05, 3.63) is 16.5 Å². The molecule has 5 heteroatoms. The van der Waals surface area contributed by atoms with Gasteiger partial charge < -0.3 is 10.2 Å². The second-order valence-corrected chi connectivity index (χ2v) is 5.67. The Morgan fingerprint density at radius 1 is 1.56 bits per heavy atom. The standard InChI is InChI=1S/C11H15ClN2OS/c1-14(10-6-5-9(12)16-10)11(15)8-4-2-3-7-13-8/h5-6,8,13H,2-4,7H2,1H3. The summed E-state index contributed by atoms with van der Waals surface area (Å²) in [4.78, 5) is 13.8. The number of anilines is 1. The van der Waals surface area contributed by atoms with Gasteiger partial charge in [0.2, 0.25) is 5.91 Å². The number of thiophene rings is 1. The summed E-state index contributed by atoms with van der Waals surface area (Å²) in [6, 6.07) is 3.67. The number of likely N-dealkylation sites (N-methyl/N-ethyl adjacent to an activating group) is 1. The fourth-order valence-corrected chi connectivity index (χ4v) is 2.89. The van der Waals surface area contributed by atoms with E-state index in [0.29, 0.717) is 4.34 Å². The van der Waals surface area contributed by atoms with E-state index in [2.05, 4.69) is 5.32 Å². The van der Waals surface area contributed by atoms with E-state index in [-0.39, 0.29) is 11.9 Å². The number of nitrogens with zero attached hydrogens (tertiary/aromatic N) is 1. The highest BCUT2D eigenvalue weighted by Crippen LogP contribution is 2.29. The first-order chi connectivity index (χ1) is 7.68. The lowest BCUT2D eigenvalue weighted by Gasteiger charge is -2.26. The van der Waals surface area contributed by atoms with E-state index >= 15 is 0 Å². The minimum absolute atomic E-state index is 0.0281. The molecule has 1 amide bonds. The van der Waals surface area contributed by atoms with Gasteiger partial charge in [-0.05, 0) is 31.5 Å².